The van der Waals surface area contributed by atoms with Gasteiger partial charge >= 0.3 is 5.97 Å². The second-order valence-corrected chi connectivity index (χ2v) is 4.59. The molecule has 0 aliphatic carbocycles. The molecule has 0 radical (unpaired) electrons. The first kappa shape index (κ1) is 15.8. The van der Waals surface area contributed by atoms with Gasteiger partial charge in [0.05, 0.1) is 6.61 Å². The van der Waals surface area contributed by atoms with Crippen LogP contribution in [0.1, 0.15) is 49.3 Å². The van der Waals surface area contributed by atoms with Gasteiger partial charge in [-0.2, -0.15) is 0 Å². The summed E-state index contributed by atoms with van der Waals surface area (Å²) in [5.74, 6) is 5.96. The molecule has 0 spiro atoms. The molecular formula is C17H18N2O3. The minimum Gasteiger partial charge on any atom is -0.461 e. The minimum atomic E-state index is -0.494. The maximum absolute atomic E-state index is 11.6. The summed E-state index contributed by atoms with van der Waals surface area (Å²) in [5.41, 5.74) is 1.54. The molecule has 5 nitrogen and oxygen atoms in total. The van der Waals surface area contributed by atoms with Gasteiger partial charge in [0.1, 0.15) is 12.0 Å². The molecular weight excluding hydrogens is 280 g/mol. The average molecular weight is 298 g/mol. The lowest BCUT2D eigenvalue weighted by atomic mass is 10.2. The number of rotatable bonds is 5. The number of carbonyl (C=O) groups is 1. The molecule has 0 atom stereocenters. The summed E-state index contributed by atoms with van der Waals surface area (Å²) in [6.07, 6.45) is 5.99. The van der Waals surface area contributed by atoms with Gasteiger partial charge in [0.2, 0.25) is 5.89 Å². The summed E-state index contributed by atoms with van der Waals surface area (Å²) < 4.78 is 10.2. The third-order valence-electron chi connectivity index (χ3n) is 2.87. The van der Waals surface area contributed by atoms with Gasteiger partial charge in [-0.3, -0.25) is 0 Å². The van der Waals surface area contributed by atoms with Crippen LogP contribution in [-0.2, 0) is 4.74 Å². The fraction of sp³-hybridized carbons (Fsp3) is 0.353. The lowest BCUT2D eigenvalue weighted by Gasteiger charge is -1.96. The molecule has 0 unspecified atom stereocenters. The highest BCUT2D eigenvalue weighted by atomic mass is 16.5. The molecule has 0 saturated heterocycles. The fourth-order valence-electron chi connectivity index (χ4n) is 1.76. The number of hydrogen-bond donors (Lipinski definition) is 0. The van der Waals surface area contributed by atoms with Crippen LogP contribution in [-0.4, -0.2) is 22.5 Å². The molecule has 0 amide bonds. The quantitative estimate of drug-likeness (QED) is 0.480. The lowest BCUT2D eigenvalue weighted by molar-refractivity contribution is 0.0519. The zero-order valence-electron chi connectivity index (χ0n) is 12.8. The van der Waals surface area contributed by atoms with Crippen molar-refractivity contribution in [3.05, 3.63) is 36.0 Å². The number of pyridine rings is 1. The Bertz CT molecular complexity index is 695. The van der Waals surface area contributed by atoms with Crippen molar-refractivity contribution in [1.29, 1.82) is 0 Å². The van der Waals surface area contributed by atoms with E-state index in [-0.39, 0.29) is 5.69 Å². The molecule has 0 saturated carbocycles. The Morgan fingerprint density at radius 2 is 2.27 bits per heavy atom. The number of esters is 1. The first-order chi connectivity index (χ1) is 10.7. The zero-order valence-corrected chi connectivity index (χ0v) is 12.8. The van der Waals surface area contributed by atoms with E-state index >= 15 is 0 Å². The highest BCUT2D eigenvalue weighted by molar-refractivity contribution is 5.87. The number of ether oxygens (including phenoxy) is 1. The molecule has 2 aromatic rings. The molecule has 0 aliphatic heterocycles. The summed E-state index contributed by atoms with van der Waals surface area (Å²) in [4.78, 5) is 19.9. The largest absolute Gasteiger partial charge is 0.461 e. The van der Waals surface area contributed by atoms with E-state index in [1.54, 1.807) is 25.3 Å². The summed E-state index contributed by atoms with van der Waals surface area (Å²) in [7, 11) is 0. The van der Waals surface area contributed by atoms with E-state index in [9.17, 15) is 4.79 Å². The van der Waals surface area contributed by atoms with E-state index in [2.05, 4.69) is 28.7 Å². The van der Waals surface area contributed by atoms with Crippen LogP contribution in [0.25, 0.3) is 11.5 Å². The lowest BCUT2D eigenvalue weighted by Crippen LogP contribution is -2.04. The van der Waals surface area contributed by atoms with Gasteiger partial charge in [-0.1, -0.05) is 19.3 Å². The van der Waals surface area contributed by atoms with Gasteiger partial charge in [0.25, 0.3) is 0 Å². The van der Waals surface area contributed by atoms with Crippen molar-refractivity contribution in [1.82, 2.24) is 9.97 Å². The van der Waals surface area contributed by atoms with Crippen LogP contribution >= 0.6 is 0 Å². The summed E-state index contributed by atoms with van der Waals surface area (Å²) >= 11 is 0. The van der Waals surface area contributed by atoms with E-state index in [0.29, 0.717) is 18.2 Å². The maximum atomic E-state index is 11.6. The van der Waals surface area contributed by atoms with Gasteiger partial charge in [0, 0.05) is 18.2 Å². The molecule has 0 aromatic carbocycles. The van der Waals surface area contributed by atoms with Crippen molar-refractivity contribution in [2.24, 2.45) is 0 Å². The Kier molecular flexibility index (Phi) is 5.73. The van der Waals surface area contributed by atoms with Crippen LogP contribution in [0.3, 0.4) is 0 Å². The fourth-order valence-corrected chi connectivity index (χ4v) is 1.76. The van der Waals surface area contributed by atoms with Gasteiger partial charge < -0.3 is 9.15 Å². The number of aromatic nitrogens is 2. The molecule has 0 bridgehead atoms. The van der Waals surface area contributed by atoms with Crippen molar-refractivity contribution in [2.45, 2.75) is 33.1 Å². The monoisotopic (exact) mass is 298 g/mol. The highest BCUT2D eigenvalue weighted by Crippen LogP contribution is 2.19. The topological polar surface area (TPSA) is 65.2 Å². The molecule has 0 N–H and O–H groups in total. The Labute approximate surface area is 129 Å². The second-order valence-electron chi connectivity index (χ2n) is 4.59. The third kappa shape index (κ3) is 4.19. The standard InChI is InChI=1S/C17H18N2O3/c1-3-5-6-7-8-14-11-13(9-10-18-14)16-19-15(12-22-16)17(20)21-4-2/h9-12H,3-6H2,1-2H3. The predicted octanol–water partition coefficient (Wildman–Crippen LogP) is 3.46. The van der Waals surface area contributed by atoms with Gasteiger partial charge in [-0.15, -0.1) is 0 Å². The minimum absolute atomic E-state index is 0.157. The smallest absolute Gasteiger partial charge is 0.360 e. The second kappa shape index (κ2) is 7.99. The van der Waals surface area contributed by atoms with E-state index in [1.807, 2.05) is 0 Å². The Hall–Kier alpha value is -2.61. The summed E-state index contributed by atoms with van der Waals surface area (Å²) in [5, 5.41) is 0. The molecule has 0 fully saturated rings. The molecule has 2 rings (SSSR count). The Morgan fingerprint density at radius 1 is 1.41 bits per heavy atom. The van der Waals surface area contributed by atoms with Gasteiger partial charge in [0.15, 0.2) is 5.69 Å². The first-order valence-corrected chi connectivity index (χ1v) is 7.32. The van der Waals surface area contributed by atoms with Crippen LogP contribution in [0.4, 0.5) is 0 Å². The Morgan fingerprint density at radius 3 is 3.05 bits per heavy atom. The van der Waals surface area contributed by atoms with Crippen LogP contribution in [0.2, 0.25) is 0 Å². The molecule has 2 aromatic heterocycles. The van der Waals surface area contributed by atoms with Crippen molar-refractivity contribution in [2.75, 3.05) is 6.61 Å². The van der Waals surface area contributed by atoms with E-state index in [0.717, 1.165) is 24.8 Å². The average Bonchev–Trinajstić information content (AvgIpc) is 3.02. The van der Waals surface area contributed by atoms with E-state index < -0.39 is 5.97 Å². The number of hydrogen-bond acceptors (Lipinski definition) is 5. The number of oxazole rings is 1. The summed E-state index contributed by atoms with van der Waals surface area (Å²) in [6, 6.07) is 3.55. The van der Waals surface area contributed by atoms with Crippen molar-refractivity contribution in [3.63, 3.8) is 0 Å². The van der Waals surface area contributed by atoms with Crippen molar-refractivity contribution >= 4 is 5.97 Å². The molecule has 2 heterocycles. The van der Waals surface area contributed by atoms with Crippen LogP contribution < -0.4 is 0 Å². The van der Waals surface area contributed by atoms with E-state index in [4.69, 9.17) is 9.15 Å². The van der Waals surface area contributed by atoms with Gasteiger partial charge in [-0.05, 0) is 31.4 Å². The third-order valence-corrected chi connectivity index (χ3v) is 2.87. The molecule has 0 aliphatic rings. The van der Waals surface area contributed by atoms with Crippen LogP contribution in [0, 0.1) is 11.8 Å². The van der Waals surface area contributed by atoms with Crippen LogP contribution in [0.5, 0.6) is 0 Å². The number of carbonyl (C=O) groups excluding carboxylic acids is 1. The molecule has 5 heteroatoms. The molecule has 22 heavy (non-hydrogen) atoms. The summed E-state index contributed by atoms with van der Waals surface area (Å²) in [6.45, 7) is 4.17. The zero-order chi connectivity index (χ0) is 15.8. The van der Waals surface area contributed by atoms with Crippen LogP contribution in [0.15, 0.2) is 29.0 Å². The van der Waals surface area contributed by atoms with Crippen molar-refractivity contribution in [3.8, 4) is 23.3 Å². The molecule has 114 valence electrons. The maximum Gasteiger partial charge on any atom is 0.360 e. The highest BCUT2D eigenvalue weighted by Gasteiger charge is 2.14. The van der Waals surface area contributed by atoms with Gasteiger partial charge in [-0.25, -0.2) is 14.8 Å². The number of unbranched alkanes of at least 4 members (excludes halogenated alkanes) is 2. The SMILES string of the molecule is CCCCC#Cc1cc(-c2nc(C(=O)OCC)co2)ccn1. The number of nitrogens with zero attached hydrogens (tertiary/aromatic N) is 2. The predicted molar refractivity (Wildman–Crippen MR) is 82.1 cm³/mol. The Balaban J connectivity index is 2.15. The van der Waals surface area contributed by atoms with Crippen molar-refractivity contribution < 1.29 is 13.9 Å². The normalized spacial score (nSPS) is 9.91. The van der Waals surface area contributed by atoms with E-state index in [1.165, 1.54) is 6.26 Å². The first-order valence-electron chi connectivity index (χ1n) is 7.32.